The number of amides is 1. The molecular weight excluding hydrogens is 281 g/mol. The van der Waals surface area contributed by atoms with Crippen LogP contribution >= 0.6 is 11.6 Å². The predicted molar refractivity (Wildman–Crippen MR) is 68.1 cm³/mol. The highest BCUT2D eigenvalue weighted by Crippen LogP contribution is 2.22. The number of carbonyl (C=O) groups excluding carboxylic acids is 1. The summed E-state index contributed by atoms with van der Waals surface area (Å²) in [4.78, 5) is 11.7. The second-order valence-corrected chi connectivity index (χ2v) is 4.47. The number of carbonyl (C=O) groups is 1. The number of benzene rings is 1. The zero-order valence-corrected chi connectivity index (χ0v) is 10.8. The van der Waals surface area contributed by atoms with Crippen molar-refractivity contribution in [1.29, 1.82) is 0 Å². The summed E-state index contributed by atoms with van der Waals surface area (Å²) in [5.41, 5.74) is 6.18. The first kappa shape index (κ1) is 15.6. The van der Waals surface area contributed by atoms with Crippen LogP contribution in [0.3, 0.4) is 0 Å². The molecule has 3 N–H and O–H groups in total. The molecule has 1 aromatic carbocycles. The lowest BCUT2D eigenvalue weighted by molar-refractivity contribution is -0.135. The molecule has 0 fully saturated rings. The average Bonchev–Trinajstić information content (AvgIpc) is 2.26. The summed E-state index contributed by atoms with van der Waals surface area (Å²) >= 11 is 5.83. The van der Waals surface area contributed by atoms with Gasteiger partial charge in [0.05, 0.1) is 10.6 Å². The smallest absolute Gasteiger partial charge is 0.389 e. The molecule has 0 radical (unpaired) electrons. The highest BCUT2D eigenvalue weighted by atomic mass is 35.5. The Morgan fingerprint density at radius 2 is 2.00 bits per heavy atom. The molecule has 1 rings (SSSR count). The number of alkyl halides is 3. The molecule has 0 atom stereocenters. The van der Waals surface area contributed by atoms with Crippen molar-refractivity contribution in [3.63, 3.8) is 0 Å². The maximum Gasteiger partial charge on any atom is 0.389 e. The maximum absolute atomic E-state index is 11.9. The van der Waals surface area contributed by atoms with Crippen molar-refractivity contribution < 1.29 is 18.0 Å². The zero-order chi connectivity index (χ0) is 14.5. The summed E-state index contributed by atoms with van der Waals surface area (Å²) in [6, 6.07) is 4.45. The van der Waals surface area contributed by atoms with E-state index < -0.39 is 18.5 Å². The Hall–Kier alpha value is -1.43. The van der Waals surface area contributed by atoms with E-state index in [0.29, 0.717) is 5.69 Å². The quantitative estimate of drug-likeness (QED) is 0.646. The van der Waals surface area contributed by atoms with Gasteiger partial charge in [-0.15, -0.1) is 0 Å². The van der Waals surface area contributed by atoms with Gasteiger partial charge in [-0.1, -0.05) is 11.6 Å². The number of unbranched alkanes of at least 4 members (excludes halogenated alkanes) is 1. The summed E-state index contributed by atoms with van der Waals surface area (Å²) in [6.45, 7) is 0.176. The number of nitrogen functional groups attached to an aromatic ring is 1. The van der Waals surface area contributed by atoms with Crippen molar-refractivity contribution in [3.8, 4) is 0 Å². The molecule has 106 valence electrons. The van der Waals surface area contributed by atoms with Crippen molar-refractivity contribution in [2.45, 2.75) is 25.4 Å². The molecule has 3 nitrogen and oxygen atoms in total. The Bertz CT molecular complexity index is 449. The molecule has 1 aromatic rings. The molecule has 0 aliphatic carbocycles. The van der Waals surface area contributed by atoms with Crippen molar-refractivity contribution in [2.24, 2.45) is 0 Å². The van der Waals surface area contributed by atoms with E-state index in [1.54, 1.807) is 0 Å². The predicted octanol–water partition coefficient (Wildman–Crippen LogP) is 3.38. The molecule has 1 amide bonds. The van der Waals surface area contributed by atoms with Crippen LogP contribution in [0.2, 0.25) is 5.02 Å². The van der Waals surface area contributed by atoms with Crippen molar-refractivity contribution in [1.82, 2.24) is 5.32 Å². The third kappa shape index (κ3) is 5.83. The van der Waals surface area contributed by atoms with Crippen LogP contribution in [0, 0.1) is 0 Å². The summed E-state index contributed by atoms with van der Waals surface area (Å²) in [6.07, 6.45) is -4.74. The Morgan fingerprint density at radius 3 is 2.58 bits per heavy atom. The summed E-state index contributed by atoms with van der Waals surface area (Å²) in [5, 5.41) is 2.73. The van der Waals surface area contributed by atoms with Gasteiger partial charge in [0.1, 0.15) is 0 Å². The van der Waals surface area contributed by atoms with Gasteiger partial charge in [0.25, 0.3) is 5.91 Å². The molecule has 0 aliphatic heterocycles. The lowest BCUT2D eigenvalue weighted by Crippen LogP contribution is -2.25. The summed E-state index contributed by atoms with van der Waals surface area (Å²) in [7, 11) is 0. The number of halogens is 4. The number of nitrogens with two attached hydrogens (primary N) is 1. The Morgan fingerprint density at radius 1 is 1.32 bits per heavy atom. The number of hydrogen-bond acceptors (Lipinski definition) is 2. The van der Waals surface area contributed by atoms with Gasteiger partial charge < -0.3 is 11.1 Å². The number of rotatable bonds is 5. The van der Waals surface area contributed by atoms with E-state index in [1.165, 1.54) is 18.2 Å². The van der Waals surface area contributed by atoms with Crippen molar-refractivity contribution in [2.75, 3.05) is 12.3 Å². The minimum absolute atomic E-state index is 0.0146. The Labute approximate surface area is 113 Å². The van der Waals surface area contributed by atoms with Gasteiger partial charge in [-0.25, -0.2) is 0 Å². The number of hydrogen-bond donors (Lipinski definition) is 2. The molecule has 7 heteroatoms. The van der Waals surface area contributed by atoms with Gasteiger partial charge in [0.2, 0.25) is 0 Å². The summed E-state index contributed by atoms with van der Waals surface area (Å²) in [5.74, 6) is -0.419. The van der Waals surface area contributed by atoms with Crippen LogP contribution in [0.1, 0.15) is 29.6 Å². The molecule has 0 unspecified atom stereocenters. The third-order valence-corrected chi connectivity index (χ3v) is 2.72. The molecule has 0 aromatic heterocycles. The molecule has 0 saturated carbocycles. The number of anilines is 1. The van der Waals surface area contributed by atoms with E-state index in [1.807, 2.05) is 0 Å². The molecule has 0 bridgehead atoms. The van der Waals surface area contributed by atoms with Gasteiger partial charge in [0, 0.05) is 18.7 Å². The van der Waals surface area contributed by atoms with Crippen LogP contribution in [0.15, 0.2) is 18.2 Å². The van der Waals surface area contributed by atoms with Crippen LogP contribution in [0.25, 0.3) is 0 Å². The average molecular weight is 295 g/mol. The molecule has 0 aliphatic rings. The normalized spacial score (nSPS) is 11.4. The van der Waals surface area contributed by atoms with Crippen molar-refractivity contribution >= 4 is 23.2 Å². The third-order valence-electron chi connectivity index (χ3n) is 2.41. The van der Waals surface area contributed by atoms with Gasteiger partial charge in [-0.05, 0) is 31.0 Å². The van der Waals surface area contributed by atoms with E-state index >= 15 is 0 Å². The van der Waals surface area contributed by atoms with E-state index in [2.05, 4.69) is 5.32 Å². The lowest BCUT2D eigenvalue weighted by atomic mass is 10.2. The van der Waals surface area contributed by atoms with Crippen LogP contribution in [0.5, 0.6) is 0 Å². The van der Waals surface area contributed by atoms with E-state index in [4.69, 9.17) is 17.3 Å². The lowest BCUT2D eigenvalue weighted by Gasteiger charge is -2.08. The molecule has 0 heterocycles. The van der Waals surface area contributed by atoms with Gasteiger partial charge in [-0.3, -0.25) is 4.79 Å². The van der Waals surface area contributed by atoms with Crippen LogP contribution in [0.4, 0.5) is 18.9 Å². The minimum atomic E-state index is -4.15. The largest absolute Gasteiger partial charge is 0.399 e. The highest BCUT2D eigenvalue weighted by molar-refractivity contribution is 6.34. The van der Waals surface area contributed by atoms with E-state index in [9.17, 15) is 18.0 Å². The van der Waals surface area contributed by atoms with E-state index in [-0.39, 0.29) is 30.0 Å². The Kier molecular flexibility index (Phi) is 5.47. The van der Waals surface area contributed by atoms with Crippen LogP contribution in [-0.4, -0.2) is 18.6 Å². The first-order valence-corrected chi connectivity index (χ1v) is 6.07. The van der Waals surface area contributed by atoms with E-state index in [0.717, 1.165) is 0 Å². The molecule has 19 heavy (non-hydrogen) atoms. The summed E-state index contributed by atoms with van der Waals surface area (Å²) < 4.78 is 35.6. The van der Waals surface area contributed by atoms with Crippen molar-refractivity contribution in [3.05, 3.63) is 28.8 Å². The second-order valence-electron chi connectivity index (χ2n) is 4.07. The minimum Gasteiger partial charge on any atom is -0.399 e. The standard InChI is InChI=1S/C12H14ClF3N2O/c13-10-7-8(17)3-4-9(10)11(19)18-6-2-1-5-12(14,15)16/h3-4,7H,1-2,5-6,17H2,(H,18,19). The monoisotopic (exact) mass is 294 g/mol. The molecule has 0 saturated heterocycles. The SMILES string of the molecule is Nc1ccc(C(=O)NCCCCC(F)(F)F)c(Cl)c1. The fourth-order valence-corrected chi connectivity index (χ4v) is 1.74. The second kappa shape index (κ2) is 6.65. The zero-order valence-electron chi connectivity index (χ0n) is 10.1. The highest BCUT2D eigenvalue weighted by Gasteiger charge is 2.25. The van der Waals surface area contributed by atoms with Gasteiger partial charge in [-0.2, -0.15) is 13.2 Å². The fraction of sp³-hybridized carbons (Fsp3) is 0.417. The van der Waals surface area contributed by atoms with Crippen LogP contribution in [-0.2, 0) is 0 Å². The number of nitrogens with one attached hydrogen (secondary N) is 1. The van der Waals surface area contributed by atoms with Gasteiger partial charge >= 0.3 is 6.18 Å². The van der Waals surface area contributed by atoms with Crippen LogP contribution < -0.4 is 11.1 Å². The maximum atomic E-state index is 11.9. The first-order chi connectivity index (χ1) is 8.79. The first-order valence-electron chi connectivity index (χ1n) is 5.69. The molecule has 0 spiro atoms. The Balaban J connectivity index is 2.36. The topological polar surface area (TPSA) is 55.1 Å². The fourth-order valence-electron chi connectivity index (χ4n) is 1.46. The van der Waals surface area contributed by atoms with Gasteiger partial charge in [0.15, 0.2) is 0 Å². The molecular formula is C12H14ClF3N2O.